The van der Waals surface area contributed by atoms with Crippen LogP contribution < -0.4 is 14.8 Å². The summed E-state index contributed by atoms with van der Waals surface area (Å²) in [5.41, 5.74) is 1.72. The highest BCUT2D eigenvalue weighted by Gasteiger charge is 2.16. The summed E-state index contributed by atoms with van der Waals surface area (Å²) >= 11 is 3.49. The second kappa shape index (κ2) is 10.6. The van der Waals surface area contributed by atoms with E-state index in [-0.39, 0.29) is 23.0 Å². The van der Waals surface area contributed by atoms with E-state index in [4.69, 9.17) is 9.26 Å². The molecule has 0 unspecified atom stereocenters. The summed E-state index contributed by atoms with van der Waals surface area (Å²) in [7, 11) is -3.80. The van der Waals surface area contributed by atoms with Gasteiger partial charge in [0.15, 0.2) is 5.82 Å². The zero-order valence-electron chi connectivity index (χ0n) is 17.7. The minimum Gasteiger partial charge on any atom is -0.492 e. The van der Waals surface area contributed by atoms with E-state index in [1.54, 1.807) is 6.92 Å². The molecule has 0 saturated carbocycles. The van der Waals surface area contributed by atoms with Gasteiger partial charge in [-0.3, -0.25) is 9.52 Å². The van der Waals surface area contributed by atoms with Crippen molar-refractivity contribution in [3.8, 4) is 5.75 Å². The molecule has 0 aliphatic rings. The molecule has 3 aromatic rings. The van der Waals surface area contributed by atoms with Crippen LogP contribution in [0, 0.1) is 6.92 Å². The molecule has 3 rings (SSSR count). The maximum absolute atomic E-state index is 12.4. The number of aromatic nitrogens is 1. The summed E-state index contributed by atoms with van der Waals surface area (Å²) in [4.78, 5) is 12.2. The number of anilines is 2. The van der Waals surface area contributed by atoms with Crippen molar-refractivity contribution < 1.29 is 22.5 Å². The normalized spacial score (nSPS) is 11.2. The summed E-state index contributed by atoms with van der Waals surface area (Å²) in [5.74, 6) is 1.17. The number of amides is 1. The lowest BCUT2D eigenvalue weighted by atomic mass is 10.2. The van der Waals surface area contributed by atoms with Crippen molar-refractivity contribution in [3.05, 3.63) is 64.3 Å². The summed E-state index contributed by atoms with van der Waals surface area (Å²) < 4.78 is 38.6. The molecule has 8 nitrogen and oxygen atoms in total. The van der Waals surface area contributed by atoms with Gasteiger partial charge in [-0.2, -0.15) is 0 Å². The number of benzene rings is 2. The third-order valence-electron chi connectivity index (χ3n) is 4.53. The molecule has 0 spiro atoms. The molecule has 0 atom stereocenters. The average Bonchev–Trinajstić information content (AvgIpc) is 3.16. The number of nitrogens with zero attached hydrogens (tertiary/aromatic N) is 1. The van der Waals surface area contributed by atoms with Crippen molar-refractivity contribution in [3.63, 3.8) is 0 Å². The first-order valence-electron chi connectivity index (χ1n) is 10.0. The SMILES string of the molecule is CCc1ccc(OCCCC(=O)Nc2ccc(S(=O)(=O)Nc3cc(C)on3)cc2)c(Br)c1. The number of carbonyl (C=O) groups is 1. The van der Waals surface area contributed by atoms with E-state index in [0.717, 1.165) is 16.6 Å². The van der Waals surface area contributed by atoms with Crippen molar-refractivity contribution in [1.82, 2.24) is 5.16 Å². The first kappa shape index (κ1) is 23.8. The number of halogens is 1. The first-order valence-corrected chi connectivity index (χ1v) is 12.3. The van der Waals surface area contributed by atoms with Gasteiger partial charge < -0.3 is 14.6 Å². The van der Waals surface area contributed by atoms with Crippen LogP contribution in [0.3, 0.4) is 0 Å². The zero-order chi connectivity index (χ0) is 23.1. The number of aryl methyl sites for hydroxylation is 2. The minimum absolute atomic E-state index is 0.0456. The Hall–Kier alpha value is -2.85. The highest BCUT2D eigenvalue weighted by Crippen LogP contribution is 2.26. The fourth-order valence-electron chi connectivity index (χ4n) is 2.85. The van der Waals surface area contributed by atoms with Crippen LogP contribution in [-0.4, -0.2) is 26.1 Å². The fourth-order valence-corrected chi connectivity index (χ4v) is 4.37. The van der Waals surface area contributed by atoms with Gasteiger partial charge in [0, 0.05) is 18.2 Å². The van der Waals surface area contributed by atoms with Crippen LogP contribution in [0.4, 0.5) is 11.5 Å². The molecule has 1 amide bonds. The quantitative estimate of drug-likeness (QED) is 0.367. The highest BCUT2D eigenvalue weighted by atomic mass is 79.9. The van der Waals surface area contributed by atoms with Crippen LogP contribution in [-0.2, 0) is 21.2 Å². The average molecular weight is 522 g/mol. The van der Waals surface area contributed by atoms with E-state index in [9.17, 15) is 13.2 Å². The number of hydrogen-bond donors (Lipinski definition) is 2. The van der Waals surface area contributed by atoms with Crippen LogP contribution >= 0.6 is 15.9 Å². The maximum Gasteiger partial charge on any atom is 0.263 e. The molecule has 0 aliphatic heterocycles. The minimum atomic E-state index is -3.80. The molecule has 1 aromatic heterocycles. The molecule has 32 heavy (non-hydrogen) atoms. The van der Waals surface area contributed by atoms with E-state index in [0.29, 0.717) is 24.5 Å². The van der Waals surface area contributed by atoms with E-state index in [2.05, 4.69) is 38.0 Å². The van der Waals surface area contributed by atoms with E-state index >= 15 is 0 Å². The van der Waals surface area contributed by atoms with Crippen LogP contribution in [0.1, 0.15) is 31.1 Å². The van der Waals surface area contributed by atoms with Crippen molar-refractivity contribution in [2.24, 2.45) is 0 Å². The monoisotopic (exact) mass is 521 g/mol. The number of rotatable bonds is 10. The number of sulfonamides is 1. The first-order chi connectivity index (χ1) is 15.3. The van der Waals surface area contributed by atoms with Gasteiger partial charge in [0.1, 0.15) is 11.5 Å². The molecule has 0 bridgehead atoms. The predicted molar refractivity (Wildman–Crippen MR) is 125 cm³/mol. The maximum atomic E-state index is 12.4. The standard InChI is InChI=1S/C22H24BrN3O5S/c1-3-16-6-11-20(19(23)14-16)30-12-4-5-22(27)24-17-7-9-18(10-8-17)32(28,29)26-21-13-15(2)31-25-21/h6-11,13-14H,3-5,12H2,1-2H3,(H,24,27)(H,25,26). The lowest BCUT2D eigenvalue weighted by Crippen LogP contribution is -2.14. The Bertz CT molecular complexity index is 1180. The number of carbonyl (C=O) groups excluding carboxylic acids is 1. The summed E-state index contributed by atoms with van der Waals surface area (Å²) in [6.07, 6.45) is 1.77. The van der Waals surface area contributed by atoms with Crippen LogP contribution in [0.5, 0.6) is 5.75 Å². The van der Waals surface area contributed by atoms with Crippen LogP contribution in [0.25, 0.3) is 0 Å². The second-order valence-corrected chi connectivity index (χ2v) is 9.61. The van der Waals surface area contributed by atoms with Gasteiger partial charge >= 0.3 is 0 Å². The van der Waals surface area contributed by atoms with Crippen molar-refractivity contribution in [2.75, 3.05) is 16.6 Å². The van der Waals surface area contributed by atoms with Gasteiger partial charge in [0.25, 0.3) is 10.0 Å². The molecule has 10 heteroatoms. The summed E-state index contributed by atoms with van der Waals surface area (Å²) in [6, 6.07) is 13.3. The summed E-state index contributed by atoms with van der Waals surface area (Å²) in [5, 5.41) is 6.37. The third kappa shape index (κ3) is 6.57. The number of ether oxygens (including phenoxy) is 1. The molecular formula is C22H24BrN3O5S. The summed E-state index contributed by atoms with van der Waals surface area (Å²) in [6.45, 7) is 4.16. The number of hydrogen-bond acceptors (Lipinski definition) is 6. The van der Waals surface area contributed by atoms with Gasteiger partial charge in [-0.15, -0.1) is 0 Å². The Labute approximate surface area is 195 Å². The molecule has 0 aliphatic carbocycles. The van der Waals surface area contributed by atoms with Gasteiger partial charge in [-0.05, 0) is 77.7 Å². The molecule has 2 N–H and O–H groups in total. The third-order valence-corrected chi connectivity index (χ3v) is 6.52. The number of nitrogens with one attached hydrogen (secondary N) is 2. The lowest BCUT2D eigenvalue weighted by Gasteiger charge is -2.10. The largest absolute Gasteiger partial charge is 0.492 e. The van der Waals surface area contributed by atoms with E-state index < -0.39 is 10.0 Å². The van der Waals surface area contributed by atoms with Gasteiger partial charge in [-0.1, -0.05) is 18.1 Å². The smallest absolute Gasteiger partial charge is 0.263 e. The van der Waals surface area contributed by atoms with Crippen molar-refractivity contribution >= 4 is 43.4 Å². The van der Waals surface area contributed by atoms with Crippen LogP contribution in [0.2, 0.25) is 0 Å². The van der Waals surface area contributed by atoms with Crippen LogP contribution in [0.15, 0.2) is 62.4 Å². The Kier molecular flexibility index (Phi) is 7.92. The zero-order valence-corrected chi connectivity index (χ0v) is 20.1. The molecule has 0 fully saturated rings. The molecule has 0 saturated heterocycles. The lowest BCUT2D eigenvalue weighted by molar-refractivity contribution is -0.116. The topological polar surface area (TPSA) is 111 Å². The Morgan fingerprint density at radius 3 is 2.53 bits per heavy atom. The van der Waals surface area contributed by atoms with Gasteiger partial charge in [0.2, 0.25) is 5.91 Å². The van der Waals surface area contributed by atoms with Gasteiger partial charge in [-0.25, -0.2) is 8.42 Å². The van der Waals surface area contributed by atoms with Crippen molar-refractivity contribution in [1.29, 1.82) is 0 Å². The van der Waals surface area contributed by atoms with Gasteiger partial charge in [0.05, 0.1) is 16.0 Å². The Balaban J connectivity index is 1.46. The molecule has 2 aromatic carbocycles. The van der Waals surface area contributed by atoms with E-state index in [1.807, 2.05) is 18.2 Å². The van der Waals surface area contributed by atoms with Crippen molar-refractivity contribution in [2.45, 2.75) is 38.0 Å². The molecule has 0 radical (unpaired) electrons. The fraction of sp³-hybridized carbons (Fsp3) is 0.273. The second-order valence-electron chi connectivity index (χ2n) is 7.07. The Morgan fingerprint density at radius 1 is 1.16 bits per heavy atom. The Morgan fingerprint density at radius 2 is 1.91 bits per heavy atom. The van der Waals surface area contributed by atoms with E-state index in [1.165, 1.54) is 35.9 Å². The predicted octanol–water partition coefficient (Wildman–Crippen LogP) is 4.91. The molecule has 1 heterocycles. The highest BCUT2D eigenvalue weighted by molar-refractivity contribution is 9.10. The molecule has 170 valence electrons. The molecular weight excluding hydrogens is 498 g/mol.